The monoisotopic (exact) mass is 277 g/mol. The second-order valence-corrected chi connectivity index (χ2v) is 5.45. The number of nitrogens with one attached hydrogen (secondary N) is 1. The van der Waals surface area contributed by atoms with Gasteiger partial charge in [-0.1, -0.05) is 6.92 Å². The number of carbonyl (C=O) groups excluding carboxylic acids is 1. The number of alkyl halides is 1. The fourth-order valence-corrected chi connectivity index (χ4v) is 2.81. The molecule has 4 nitrogen and oxygen atoms in total. The minimum Gasteiger partial charge on any atom is -0.383 e. The van der Waals surface area contributed by atoms with Crippen LogP contribution >= 0.6 is 11.6 Å². The molecule has 1 saturated heterocycles. The van der Waals surface area contributed by atoms with Gasteiger partial charge in [-0.2, -0.15) is 0 Å². The van der Waals surface area contributed by atoms with Crippen molar-refractivity contribution in [2.75, 3.05) is 19.6 Å². The Labute approximate surface area is 114 Å². The number of hydrogen-bond donors (Lipinski definition) is 1. The third-order valence-corrected chi connectivity index (χ3v) is 3.93. The highest BCUT2D eigenvalue weighted by atomic mass is 35.5. The lowest BCUT2D eigenvalue weighted by Gasteiger charge is -2.22. The first kappa shape index (κ1) is 15.7. The van der Waals surface area contributed by atoms with Gasteiger partial charge in [-0.05, 0) is 26.2 Å². The van der Waals surface area contributed by atoms with Crippen LogP contribution in [0.5, 0.6) is 0 Å². The van der Waals surface area contributed by atoms with Crippen LogP contribution in [-0.2, 0) is 14.3 Å². The van der Waals surface area contributed by atoms with Crippen LogP contribution in [0.3, 0.4) is 0 Å². The zero-order valence-electron chi connectivity index (χ0n) is 11.6. The molecule has 0 aromatic rings. The zero-order valence-corrected chi connectivity index (χ0v) is 12.4. The fraction of sp³-hybridized carbons (Fsp3) is 0.923. The van der Waals surface area contributed by atoms with Crippen LogP contribution in [0.15, 0.2) is 0 Å². The van der Waals surface area contributed by atoms with Gasteiger partial charge in [0.1, 0.15) is 0 Å². The molecule has 0 aromatic carbocycles. The van der Waals surface area contributed by atoms with Crippen LogP contribution in [0.1, 0.15) is 27.2 Å². The molecule has 0 radical (unpaired) electrons. The molecule has 0 aliphatic carbocycles. The van der Waals surface area contributed by atoms with Crippen molar-refractivity contribution in [3.63, 3.8) is 0 Å². The van der Waals surface area contributed by atoms with E-state index < -0.39 is 0 Å². The Morgan fingerprint density at radius 2 is 2.06 bits per heavy atom. The number of halogens is 1. The summed E-state index contributed by atoms with van der Waals surface area (Å²) in [6.45, 7) is 6.52. The quantitative estimate of drug-likeness (QED) is 0.753. The van der Waals surface area contributed by atoms with Gasteiger partial charge >= 0.3 is 0 Å². The van der Waals surface area contributed by atoms with Gasteiger partial charge in [0.05, 0.1) is 30.8 Å². The van der Waals surface area contributed by atoms with E-state index in [4.69, 9.17) is 21.1 Å². The van der Waals surface area contributed by atoms with Crippen molar-refractivity contribution in [1.82, 2.24) is 5.32 Å². The van der Waals surface area contributed by atoms with Gasteiger partial charge in [0.15, 0.2) is 0 Å². The van der Waals surface area contributed by atoms with Crippen molar-refractivity contribution >= 4 is 17.5 Å². The molecule has 1 heterocycles. The van der Waals surface area contributed by atoms with Gasteiger partial charge in [-0.25, -0.2) is 0 Å². The van der Waals surface area contributed by atoms with E-state index in [1.165, 1.54) is 0 Å². The Morgan fingerprint density at radius 3 is 2.50 bits per heavy atom. The van der Waals surface area contributed by atoms with Gasteiger partial charge in [-0.3, -0.25) is 4.79 Å². The van der Waals surface area contributed by atoms with Gasteiger partial charge < -0.3 is 14.8 Å². The summed E-state index contributed by atoms with van der Waals surface area (Å²) < 4.78 is 10.8. The number of ether oxygens (including phenoxy) is 2. The normalized spacial score (nSPS) is 33.4. The van der Waals surface area contributed by atoms with Crippen molar-refractivity contribution in [2.45, 2.75) is 45.4 Å². The molecule has 18 heavy (non-hydrogen) atoms. The molecular formula is C13H24ClNO3. The van der Waals surface area contributed by atoms with Crippen molar-refractivity contribution in [1.29, 1.82) is 0 Å². The maximum absolute atomic E-state index is 12.3. The Morgan fingerprint density at radius 1 is 1.39 bits per heavy atom. The summed E-state index contributed by atoms with van der Waals surface area (Å²) in [6.07, 6.45) is 0.811. The largest absolute Gasteiger partial charge is 0.383 e. The Kier molecular flexibility index (Phi) is 6.39. The molecular weight excluding hydrogens is 254 g/mol. The third-order valence-electron chi connectivity index (χ3n) is 3.72. The lowest BCUT2D eigenvalue weighted by molar-refractivity contribution is -0.128. The number of rotatable bonds is 6. The number of hydrogen-bond acceptors (Lipinski definition) is 3. The minimum absolute atomic E-state index is 0.0182. The van der Waals surface area contributed by atoms with Crippen molar-refractivity contribution in [2.24, 2.45) is 11.8 Å². The molecule has 0 saturated carbocycles. The number of methoxy groups -OCH3 is 1. The first-order chi connectivity index (χ1) is 8.51. The number of carbonyl (C=O) groups is 1. The second-order valence-electron chi connectivity index (χ2n) is 5.07. The molecule has 5 heteroatoms. The highest BCUT2D eigenvalue weighted by molar-refractivity contribution is 6.17. The highest BCUT2D eigenvalue weighted by Gasteiger charge is 2.41. The van der Waals surface area contributed by atoms with E-state index in [0.29, 0.717) is 18.9 Å². The van der Waals surface area contributed by atoms with E-state index >= 15 is 0 Å². The van der Waals surface area contributed by atoms with Crippen LogP contribution < -0.4 is 5.32 Å². The fourth-order valence-electron chi connectivity index (χ4n) is 2.55. The summed E-state index contributed by atoms with van der Waals surface area (Å²) in [5.41, 5.74) is 0. The maximum atomic E-state index is 12.3. The first-order valence-electron chi connectivity index (χ1n) is 6.52. The smallest absolute Gasteiger partial charge is 0.226 e. The molecule has 0 bridgehead atoms. The molecule has 0 aromatic heterocycles. The van der Waals surface area contributed by atoms with Gasteiger partial charge in [0, 0.05) is 13.0 Å². The standard InChI is InChI=1S/C13H24ClNO3/c1-8-9(2)18-10(3)12(8)13(16)15-11(5-6-14)7-17-4/h8-12H,5-7H2,1-4H3,(H,15,16). The molecule has 5 unspecified atom stereocenters. The minimum atomic E-state index is -0.0883. The van der Waals surface area contributed by atoms with Crippen molar-refractivity contribution in [3.8, 4) is 0 Å². The van der Waals surface area contributed by atoms with Gasteiger partial charge in [0.25, 0.3) is 0 Å². The highest BCUT2D eigenvalue weighted by Crippen LogP contribution is 2.32. The summed E-state index contributed by atoms with van der Waals surface area (Å²) in [4.78, 5) is 12.3. The van der Waals surface area contributed by atoms with E-state index in [2.05, 4.69) is 12.2 Å². The Hall–Kier alpha value is -0.320. The summed E-state index contributed by atoms with van der Waals surface area (Å²) in [5.74, 6) is 0.706. The summed E-state index contributed by atoms with van der Waals surface area (Å²) in [6, 6.07) is -0.0182. The maximum Gasteiger partial charge on any atom is 0.226 e. The number of amides is 1. The Bertz CT molecular complexity index is 269. The van der Waals surface area contributed by atoms with E-state index in [0.717, 1.165) is 0 Å². The molecule has 1 rings (SSSR count). The lowest BCUT2D eigenvalue weighted by Crippen LogP contribution is -2.44. The predicted octanol–water partition coefficient (Wildman–Crippen LogP) is 1.81. The average Bonchev–Trinajstić information content (AvgIpc) is 2.53. The molecule has 1 N–H and O–H groups in total. The molecule has 1 aliphatic rings. The van der Waals surface area contributed by atoms with Crippen LogP contribution in [0.2, 0.25) is 0 Å². The van der Waals surface area contributed by atoms with E-state index in [-0.39, 0.29) is 36.0 Å². The summed E-state index contributed by atoms with van der Waals surface area (Å²) in [7, 11) is 1.62. The van der Waals surface area contributed by atoms with E-state index in [1.54, 1.807) is 7.11 Å². The lowest BCUT2D eigenvalue weighted by atomic mass is 9.88. The molecule has 5 atom stereocenters. The molecule has 106 valence electrons. The zero-order chi connectivity index (χ0) is 13.7. The average molecular weight is 278 g/mol. The van der Waals surface area contributed by atoms with E-state index in [1.807, 2.05) is 13.8 Å². The van der Waals surface area contributed by atoms with Gasteiger partial charge in [-0.15, -0.1) is 11.6 Å². The topological polar surface area (TPSA) is 47.6 Å². The second kappa shape index (κ2) is 7.31. The van der Waals surface area contributed by atoms with Crippen molar-refractivity contribution < 1.29 is 14.3 Å². The predicted molar refractivity (Wildman–Crippen MR) is 71.8 cm³/mol. The van der Waals surface area contributed by atoms with Crippen LogP contribution in [0.25, 0.3) is 0 Å². The molecule has 0 spiro atoms. The molecule has 1 aliphatic heterocycles. The van der Waals surface area contributed by atoms with Crippen LogP contribution in [0.4, 0.5) is 0 Å². The summed E-state index contributed by atoms with van der Waals surface area (Å²) >= 11 is 5.72. The molecule has 1 fully saturated rings. The van der Waals surface area contributed by atoms with Crippen LogP contribution in [0, 0.1) is 11.8 Å². The van der Waals surface area contributed by atoms with Crippen molar-refractivity contribution in [3.05, 3.63) is 0 Å². The van der Waals surface area contributed by atoms with Crippen LogP contribution in [-0.4, -0.2) is 43.8 Å². The Balaban J connectivity index is 2.57. The van der Waals surface area contributed by atoms with E-state index in [9.17, 15) is 4.79 Å². The first-order valence-corrected chi connectivity index (χ1v) is 7.05. The summed E-state index contributed by atoms with van der Waals surface area (Å²) in [5, 5.41) is 3.01. The molecule has 1 amide bonds. The SMILES string of the molecule is COCC(CCCl)NC(=O)C1C(C)OC(C)C1C. The third kappa shape index (κ3) is 3.84. The van der Waals surface area contributed by atoms with Gasteiger partial charge in [0.2, 0.25) is 5.91 Å².